The van der Waals surface area contributed by atoms with Crippen LogP contribution in [0.1, 0.15) is 56.5 Å². The number of aromatic nitrogens is 2. The molecule has 0 radical (unpaired) electrons. The molecule has 0 N–H and O–H groups in total. The Balaban J connectivity index is 1.50. The molecular weight excluding hydrogens is 439 g/mol. The molecule has 2 unspecified atom stereocenters. The van der Waals surface area contributed by atoms with Gasteiger partial charge in [-0.2, -0.15) is 9.36 Å². The average molecular weight is 467 g/mol. The van der Waals surface area contributed by atoms with Crippen molar-refractivity contribution in [3.8, 4) is 10.9 Å². The van der Waals surface area contributed by atoms with Crippen LogP contribution in [0.25, 0.3) is 0 Å². The zero-order chi connectivity index (χ0) is 21.5. The van der Waals surface area contributed by atoms with Crippen LogP contribution in [-0.4, -0.2) is 38.0 Å². The normalized spacial score (nSPS) is 25.7. The molecule has 2 atom stereocenters. The maximum absolute atomic E-state index is 6.50. The third kappa shape index (κ3) is 3.71. The maximum atomic E-state index is 6.50. The molecule has 8 heteroatoms. The van der Waals surface area contributed by atoms with Gasteiger partial charge in [0.25, 0.3) is 5.19 Å². The average Bonchev–Trinajstić information content (AvgIpc) is 3.02. The van der Waals surface area contributed by atoms with Gasteiger partial charge in [-0.1, -0.05) is 13.8 Å². The summed E-state index contributed by atoms with van der Waals surface area (Å²) < 4.78 is 9.79. The quantitative estimate of drug-likeness (QED) is 0.274. The molecule has 4 rings (SSSR count). The first kappa shape index (κ1) is 21.8. The Kier molecular flexibility index (Phi) is 6.03. The van der Waals surface area contributed by atoms with Crippen molar-refractivity contribution in [2.75, 3.05) is 13.1 Å². The first-order valence-electron chi connectivity index (χ1n) is 10.6. The predicted octanol–water partition coefficient (Wildman–Crippen LogP) is 6.56. The van der Waals surface area contributed by atoms with Gasteiger partial charge in [0.1, 0.15) is 10.1 Å². The van der Waals surface area contributed by atoms with Crippen LogP contribution in [0.2, 0.25) is 0 Å². The summed E-state index contributed by atoms with van der Waals surface area (Å²) in [5.74, 6) is 1.56. The monoisotopic (exact) mass is 466 g/mol. The number of hydrogen-bond acceptors (Lipinski definition) is 5. The largest absolute Gasteiger partial charge is 0.430 e. The summed E-state index contributed by atoms with van der Waals surface area (Å²) >= 11 is 14.2. The summed E-state index contributed by atoms with van der Waals surface area (Å²) in [6.45, 7) is 10.4. The number of piperidine rings is 1. The Morgan fingerprint density at radius 1 is 1.23 bits per heavy atom. The second-order valence-electron chi connectivity index (χ2n) is 8.40. The zero-order valence-corrected chi connectivity index (χ0v) is 20.2. The fourth-order valence-electron chi connectivity index (χ4n) is 4.41. The highest BCUT2D eigenvalue weighted by atomic mass is 35.5. The number of aryl methyl sites for hydroxylation is 2. The van der Waals surface area contributed by atoms with Gasteiger partial charge >= 0.3 is 0 Å². The van der Waals surface area contributed by atoms with Crippen molar-refractivity contribution in [2.45, 2.75) is 63.1 Å². The van der Waals surface area contributed by atoms with E-state index in [1.807, 2.05) is 33.2 Å². The van der Waals surface area contributed by atoms with Crippen LogP contribution in [0.4, 0.5) is 5.69 Å². The van der Waals surface area contributed by atoms with E-state index in [4.69, 9.17) is 32.9 Å². The lowest BCUT2D eigenvalue weighted by atomic mass is 10.00. The third-order valence-corrected chi connectivity index (χ3v) is 8.52. The molecule has 1 aliphatic heterocycles. The van der Waals surface area contributed by atoms with E-state index >= 15 is 0 Å². The zero-order valence-electron chi connectivity index (χ0n) is 17.9. The van der Waals surface area contributed by atoms with Gasteiger partial charge in [-0.15, -0.1) is 23.2 Å². The number of alkyl halides is 2. The maximum Gasteiger partial charge on any atom is 0.298 e. The molecule has 1 aromatic heterocycles. The molecule has 2 heterocycles. The van der Waals surface area contributed by atoms with E-state index in [-0.39, 0.29) is 5.92 Å². The summed E-state index contributed by atoms with van der Waals surface area (Å²) in [5, 5.41) is 0.508. The van der Waals surface area contributed by atoms with Crippen molar-refractivity contribution in [3.05, 3.63) is 29.1 Å². The second-order valence-corrected chi connectivity index (χ2v) is 10.5. The van der Waals surface area contributed by atoms with Gasteiger partial charge in [0, 0.05) is 30.5 Å². The molecule has 1 saturated heterocycles. The lowest BCUT2D eigenvalue weighted by Crippen LogP contribution is -2.28. The Labute approximate surface area is 192 Å². The Morgan fingerprint density at radius 2 is 1.93 bits per heavy atom. The van der Waals surface area contributed by atoms with Crippen molar-refractivity contribution >= 4 is 46.8 Å². The van der Waals surface area contributed by atoms with Crippen LogP contribution in [0.3, 0.4) is 0 Å². The molecule has 5 nitrogen and oxygen atoms in total. The van der Waals surface area contributed by atoms with Crippen LogP contribution in [0.5, 0.6) is 10.9 Å². The number of ether oxygens (including phenoxy) is 1. The van der Waals surface area contributed by atoms with Crippen molar-refractivity contribution < 1.29 is 4.74 Å². The van der Waals surface area contributed by atoms with E-state index < -0.39 is 9.75 Å². The highest BCUT2D eigenvalue weighted by molar-refractivity contribution is 7.07. The van der Waals surface area contributed by atoms with E-state index in [0.29, 0.717) is 11.0 Å². The van der Waals surface area contributed by atoms with Crippen molar-refractivity contribution in [1.82, 2.24) is 14.3 Å². The number of likely N-dealkylation sites (tertiary alicyclic amines) is 1. The Hall–Kier alpha value is -1.37. The number of nitrogens with zero attached hydrogens (tertiary/aromatic N) is 4. The first-order valence-corrected chi connectivity index (χ1v) is 12.1. The highest BCUT2D eigenvalue weighted by Gasteiger charge is 2.75. The van der Waals surface area contributed by atoms with E-state index in [0.717, 1.165) is 42.1 Å². The van der Waals surface area contributed by atoms with E-state index in [1.165, 1.54) is 30.8 Å². The summed E-state index contributed by atoms with van der Waals surface area (Å²) in [6.07, 6.45) is 6.57. The predicted molar refractivity (Wildman–Crippen MR) is 125 cm³/mol. The molecule has 30 heavy (non-hydrogen) atoms. The molecule has 0 bridgehead atoms. The summed E-state index contributed by atoms with van der Waals surface area (Å²) in [5.41, 5.74) is 2.65. The summed E-state index contributed by atoms with van der Waals surface area (Å²) in [4.78, 5) is 11.6. The lowest BCUT2D eigenvalue weighted by molar-refractivity contribution is 0.351. The van der Waals surface area contributed by atoms with Crippen molar-refractivity contribution in [2.24, 2.45) is 10.9 Å². The van der Waals surface area contributed by atoms with Crippen LogP contribution >= 0.6 is 34.7 Å². The summed E-state index contributed by atoms with van der Waals surface area (Å²) in [7, 11) is 0. The molecule has 2 aliphatic rings. The summed E-state index contributed by atoms with van der Waals surface area (Å²) in [6, 6.07) is 4.08. The van der Waals surface area contributed by atoms with Crippen molar-refractivity contribution in [3.63, 3.8) is 0 Å². The second kappa shape index (κ2) is 8.29. The minimum atomic E-state index is -0.819. The number of benzene rings is 1. The molecule has 162 valence electrons. The van der Waals surface area contributed by atoms with Crippen LogP contribution in [0.15, 0.2) is 17.1 Å². The topological polar surface area (TPSA) is 50.6 Å². The minimum absolute atomic E-state index is 0.113. The Morgan fingerprint density at radius 3 is 2.57 bits per heavy atom. The van der Waals surface area contributed by atoms with Crippen LogP contribution in [0, 0.1) is 19.8 Å². The van der Waals surface area contributed by atoms with E-state index in [2.05, 4.69) is 27.2 Å². The van der Waals surface area contributed by atoms with Gasteiger partial charge in [-0.3, -0.25) is 0 Å². The van der Waals surface area contributed by atoms with Gasteiger partial charge < -0.3 is 9.64 Å². The third-order valence-electron chi connectivity index (χ3n) is 6.60. The molecule has 2 aromatic rings. The highest BCUT2D eigenvalue weighted by Crippen LogP contribution is 2.70. The molecule has 1 aromatic carbocycles. The molecule has 2 fully saturated rings. The van der Waals surface area contributed by atoms with Crippen LogP contribution < -0.4 is 4.74 Å². The SMILES string of the molecule is CCC1(c2nsc(Oc3cc(C)c(N=CN4CCCCC4)cc3C)n2)C(C)C1(Cl)Cl. The van der Waals surface area contributed by atoms with Gasteiger partial charge in [-0.25, -0.2) is 4.99 Å². The number of halogens is 2. The number of hydrogen-bond donors (Lipinski definition) is 0. The van der Waals surface area contributed by atoms with Crippen molar-refractivity contribution in [1.29, 1.82) is 0 Å². The van der Waals surface area contributed by atoms with Gasteiger partial charge in [0.15, 0.2) is 5.82 Å². The fourth-order valence-corrected chi connectivity index (χ4v) is 6.06. The molecule has 1 aliphatic carbocycles. The number of rotatable bonds is 6. The Bertz CT molecular complexity index is 955. The molecule has 0 amide bonds. The van der Waals surface area contributed by atoms with Gasteiger partial charge in [-0.05, 0) is 62.8 Å². The minimum Gasteiger partial charge on any atom is -0.430 e. The van der Waals surface area contributed by atoms with Crippen LogP contribution in [-0.2, 0) is 5.41 Å². The van der Waals surface area contributed by atoms with E-state index in [1.54, 1.807) is 0 Å². The molecule has 0 spiro atoms. The fraction of sp³-hybridized carbons (Fsp3) is 0.591. The molecule has 1 saturated carbocycles. The lowest BCUT2D eigenvalue weighted by Gasteiger charge is -2.23. The van der Waals surface area contributed by atoms with Gasteiger partial charge in [0.2, 0.25) is 0 Å². The standard InChI is InChI=1S/C22H28Cl2N4OS/c1-5-21(16(4)22(21,23)24)19-26-20(30-27-19)29-18-12-14(2)17(11-15(18)3)25-13-28-9-7-6-8-10-28/h11-13,16H,5-10H2,1-4H3. The smallest absolute Gasteiger partial charge is 0.298 e. The number of aliphatic imine (C=N–C) groups is 1. The van der Waals surface area contributed by atoms with Gasteiger partial charge in [0.05, 0.1) is 17.4 Å². The van der Waals surface area contributed by atoms with E-state index in [9.17, 15) is 0 Å². The first-order chi connectivity index (χ1) is 14.3. The molecular formula is C22H28Cl2N4OS.